The molecule has 0 radical (unpaired) electrons. The molecule has 0 bridgehead atoms. The molecule has 0 fully saturated rings. The van der Waals surface area contributed by atoms with E-state index < -0.39 is 10.0 Å². The maximum absolute atomic E-state index is 10.9. The predicted octanol–water partition coefficient (Wildman–Crippen LogP) is 0.494. The van der Waals surface area contributed by atoms with E-state index in [4.69, 9.17) is 10.4 Å². The van der Waals surface area contributed by atoms with Crippen LogP contribution < -0.4 is 5.14 Å². The number of thiol groups is 1. The molecular weight excluding hydrogens is 208 g/mol. The van der Waals surface area contributed by atoms with Crippen molar-refractivity contribution in [3.63, 3.8) is 0 Å². The minimum absolute atomic E-state index is 0.0742. The van der Waals surface area contributed by atoms with Gasteiger partial charge >= 0.3 is 0 Å². The van der Waals surface area contributed by atoms with Crippen molar-refractivity contribution in [3.05, 3.63) is 23.8 Å². The van der Waals surface area contributed by atoms with E-state index in [1.165, 1.54) is 18.2 Å². The average Bonchev–Trinajstić information content (AvgIpc) is 2.01. The summed E-state index contributed by atoms with van der Waals surface area (Å²) in [7, 11) is -3.74. The lowest BCUT2D eigenvalue weighted by molar-refractivity contribution is 0.596. The Bertz CT molecular complexity index is 474. The maximum Gasteiger partial charge on any atom is 0.239 e. The van der Waals surface area contributed by atoms with Gasteiger partial charge in [0.25, 0.3) is 0 Å². The third kappa shape index (κ3) is 2.21. The lowest BCUT2D eigenvalue weighted by Crippen LogP contribution is -2.12. The van der Waals surface area contributed by atoms with E-state index >= 15 is 0 Å². The summed E-state index contributed by atoms with van der Waals surface area (Å²) in [5.74, 6) is 0. The highest BCUT2D eigenvalue weighted by molar-refractivity contribution is 7.90. The highest BCUT2D eigenvalue weighted by Gasteiger charge is 2.11. The normalized spacial score (nSPS) is 10.8. The zero-order valence-electron chi connectivity index (χ0n) is 6.43. The minimum Gasteiger partial charge on any atom is -0.225 e. The molecule has 0 aliphatic rings. The fourth-order valence-corrected chi connectivity index (χ4v) is 2.03. The SMILES string of the molecule is N#Cc1ccc(S(N)(=O)=O)c(S)c1. The molecule has 1 aromatic carbocycles. The van der Waals surface area contributed by atoms with Crippen LogP contribution in [0.1, 0.15) is 5.56 Å². The van der Waals surface area contributed by atoms with Crippen molar-refractivity contribution in [2.24, 2.45) is 5.14 Å². The Labute approximate surface area is 81.4 Å². The number of sulfonamides is 1. The Morgan fingerprint density at radius 3 is 2.46 bits per heavy atom. The van der Waals surface area contributed by atoms with Crippen LogP contribution >= 0.6 is 12.6 Å². The molecule has 0 heterocycles. The number of primary sulfonamides is 1. The second-order valence-corrected chi connectivity index (χ2v) is 4.35. The fourth-order valence-electron chi connectivity index (χ4n) is 0.828. The van der Waals surface area contributed by atoms with Crippen molar-refractivity contribution in [2.75, 3.05) is 0 Å². The van der Waals surface area contributed by atoms with Gasteiger partial charge in [-0.2, -0.15) is 5.26 Å². The second-order valence-electron chi connectivity index (χ2n) is 2.34. The van der Waals surface area contributed by atoms with E-state index in [2.05, 4.69) is 12.6 Å². The number of nitrogens with two attached hydrogens (primary N) is 1. The molecule has 0 saturated heterocycles. The summed E-state index contributed by atoms with van der Waals surface area (Å²) >= 11 is 3.90. The van der Waals surface area contributed by atoms with E-state index in [9.17, 15) is 8.42 Å². The van der Waals surface area contributed by atoms with Crippen molar-refractivity contribution < 1.29 is 8.42 Å². The number of rotatable bonds is 1. The Morgan fingerprint density at radius 2 is 2.08 bits per heavy atom. The third-order valence-electron chi connectivity index (χ3n) is 1.39. The number of nitrogens with zero attached hydrogens (tertiary/aromatic N) is 1. The monoisotopic (exact) mass is 214 g/mol. The molecule has 0 aromatic heterocycles. The van der Waals surface area contributed by atoms with Crippen molar-refractivity contribution in [1.29, 1.82) is 5.26 Å². The fraction of sp³-hybridized carbons (Fsp3) is 0. The summed E-state index contributed by atoms with van der Waals surface area (Å²) < 4.78 is 21.8. The van der Waals surface area contributed by atoms with Gasteiger partial charge in [-0.15, -0.1) is 12.6 Å². The van der Waals surface area contributed by atoms with Crippen molar-refractivity contribution in [2.45, 2.75) is 9.79 Å². The average molecular weight is 214 g/mol. The topological polar surface area (TPSA) is 83.9 Å². The van der Waals surface area contributed by atoms with Gasteiger partial charge in [0, 0.05) is 4.90 Å². The molecule has 0 aliphatic carbocycles. The molecule has 1 aromatic rings. The van der Waals surface area contributed by atoms with Crippen LogP contribution in [0.25, 0.3) is 0 Å². The quantitative estimate of drug-likeness (QED) is 0.667. The summed E-state index contributed by atoms with van der Waals surface area (Å²) in [6, 6.07) is 5.85. The van der Waals surface area contributed by atoms with Crippen LogP contribution in [-0.2, 0) is 10.0 Å². The van der Waals surface area contributed by atoms with E-state index in [0.717, 1.165) is 0 Å². The zero-order chi connectivity index (χ0) is 10.1. The van der Waals surface area contributed by atoms with Gasteiger partial charge in [0.05, 0.1) is 16.5 Å². The van der Waals surface area contributed by atoms with Crippen LogP contribution in [0.2, 0.25) is 0 Å². The molecule has 0 spiro atoms. The molecule has 4 nitrogen and oxygen atoms in total. The number of nitriles is 1. The van der Waals surface area contributed by atoms with Crippen LogP contribution in [0.15, 0.2) is 28.0 Å². The maximum atomic E-state index is 10.9. The number of hydrogen-bond donors (Lipinski definition) is 2. The lowest BCUT2D eigenvalue weighted by atomic mass is 10.2. The second kappa shape index (κ2) is 3.38. The first-order chi connectivity index (χ1) is 5.95. The Morgan fingerprint density at radius 1 is 1.46 bits per heavy atom. The standard InChI is InChI=1S/C7H6N2O2S2/c8-4-5-1-2-7(6(12)3-5)13(9,10)11/h1-3,12H,(H2,9,10,11). The Balaban J connectivity index is 3.40. The van der Waals surface area contributed by atoms with Crippen molar-refractivity contribution >= 4 is 22.7 Å². The lowest BCUT2D eigenvalue weighted by Gasteiger charge is -2.01. The van der Waals surface area contributed by atoms with Crippen LogP contribution in [0.5, 0.6) is 0 Å². The van der Waals surface area contributed by atoms with Crippen LogP contribution in [0.4, 0.5) is 0 Å². The molecule has 68 valence electrons. The van der Waals surface area contributed by atoms with Gasteiger partial charge in [0.1, 0.15) is 0 Å². The molecule has 0 aliphatic heterocycles. The van der Waals surface area contributed by atoms with Gasteiger partial charge in [-0.1, -0.05) is 0 Å². The van der Waals surface area contributed by atoms with Gasteiger partial charge in [0.15, 0.2) is 0 Å². The first kappa shape index (κ1) is 10.1. The highest BCUT2D eigenvalue weighted by atomic mass is 32.2. The predicted molar refractivity (Wildman–Crippen MR) is 49.8 cm³/mol. The zero-order valence-corrected chi connectivity index (χ0v) is 8.14. The third-order valence-corrected chi connectivity index (χ3v) is 2.88. The molecule has 6 heteroatoms. The van der Waals surface area contributed by atoms with E-state index in [-0.39, 0.29) is 9.79 Å². The Kier molecular flexibility index (Phi) is 2.61. The molecule has 13 heavy (non-hydrogen) atoms. The Hall–Kier alpha value is -1.03. The van der Waals surface area contributed by atoms with Gasteiger partial charge in [0.2, 0.25) is 10.0 Å². The highest BCUT2D eigenvalue weighted by Crippen LogP contribution is 2.19. The largest absolute Gasteiger partial charge is 0.239 e. The minimum atomic E-state index is -3.74. The summed E-state index contributed by atoms with van der Waals surface area (Å²) in [4.78, 5) is 0.108. The summed E-state index contributed by atoms with van der Waals surface area (Å²) in [6.45, 7) is 0. The van der Waals surface area contributed by atoms with Gasteiger partial charge in [-0.05, 0) is 18.2 Å². The van der Waals surface area contributed by atoms with Crippen LogP contribution in [0.3, 0.4) is 0 Å². The summed E-state index contributed by atoms with van der Waals surface area (Å²) in [5.41, 5.74) is 0.345. The first-order valence-corrected chi connectivity index (χ1v) is 5.20. The van der Waals surface area contributed by atoms with Gasteiger partial charge < -0.3 is 0 Å². The van der Waals surface area contributed by atoms with Crippen LogP contribution in [0, 0.1) is 11.3 Å². The summed E-state index contributed by atoms with van der Waals surface area (Å²) in [5, 5.41) is 13.4. The van der Waals surface area contributed by atoms with E-state index in [1.54, 1.807) is 0 Å². The number of hydrogen-bond acceptors (Lipinski definition) is 4. The van der Waals surface area contributed by atoms with Crippen molar-refractivity contribution in [3.8, 4) is 6.07 Å². The molecule has 0 amide bonds. The first-order valence-electron chi connectivity index (χ1n) is 3.21. The van der Waals surface area contributed by atoms with E-state index in [0.29, 0.717) is 5.56 Å². The molecule has 0 atom stereocenters. The van der Waals surface area contributed by atoms with Crippen molar-refractivity contribution in [1.82, 2.24) is 0 Å². The smallest absolute Gasteiger partial charge is 0.225 e. The molecule has 1 rings (SSSR count). The molecule has 0 unspecified atom stereocenters. The van der Waals surface area contributed by atoms with Crippen LogP contribution in [-0.4, -0.2) is 8.42 Å². The molecule has 2 N–H and O–H groups in total. The number of benzene rings is 1. The molecular formula is C7H6N2O2S2. The van der Waals surface area contributed by atoms with Gasteiger partial charge in [-0.25, -0.2) is 13.6 Å². The van der Waals surface area contributed by atoms with E-state index in [1.807, 2.05) is 6.07 Å². The van der Waals surface area contributed by atoms with Gasteiger partial charge in [-0.3, -0.25) is 0 Å². The molecule has 0 saturated carbocycles. The summed E-state index contributed by atoms with van der Waals surface area (Å²) in [6.07, 6.45) is 0.